The van der Waals surface area contributed by atoms with Gasteiger partial charge in [0.15, 0.2) is 0 Å². The minimum atomic E-state index is -0.228. The molecule has 1 aromatic rings. The zero-order chi connectivity index (χ0) is 15.7. The van der Waals surface area contributed by atoms with Gasteiger partial charge in [-0.25, -0.2) is 4.79 Å². The summed E-state index contributed by atoms with van der Waals surface area (Å²) in [7, 11) is 0. The predicted molar refractivity (Wildman–Crippen MR) is 82.9 cm³/mol. The summed E-state index contributed by atoms with van der Waals surface area (Å²) in [5, 5.41) is 14.7. The van der Waals surface area contributed by atoms with Gasteiger partial charge in [0, 0.05) is 25.8 Å². The maximum Gasteiger partial charge on any atom is 0.315 e. The first-order valence-electron chi connectivity index (χ1n) is 7.38. The number of carbonyl (C=O) groups is 1. The number of nitrogens with one attached hydrogen (secondary N) is 2. The van der Waals surface area contributed by atoms with Gasteiger partial charge in [-0.3, -0.25) is 0 Å². The number of aliphatic hydroxyl groups excluding tert-OH is 1. The molecule has 1 aromatic carbocycles. The molecule has 5 heteroatoms. The lowest BCUT2D eigenvalue weighted by Gasteiger charge is -2.19. The normalized spacial score (nSPS) is 13.5. The van der Waals surface area contributed by atoms with Crippen molar-refractivity contribution in [1.82, 2.24) is 10.6 Å². The molecular formula is C16H26N2O3. The van der Waals surface area contributed by atoms with Crippen LogP contribution in [0.15, 0.2) is 24.3 Å². The Morgan fingerprint density at radius 3 is 2.57 bits per heavy atom. The molecule has 0 heterocycles. The molecule has 2 atom stereocenters. The molecule has 0 aliphatic heterocycles. The maximum absolute atomic E-state index is 11.8. The number of hydrogen-bond acceptors (Lipinski definition) is 3. The first-order valence-corrected chi connectivity index (χ1v) is 7.38. The fourth-order valence-electron chi connectivity index (χ4n) is 1.82. The summed E-state index contributed by atoms with van der Waals surface area (Å²) in [4.78, 5) is 11.8. The third-order valence-electron chi connectivity index (χ3n) is 3.52. The van der Waals surface area contributed by atoms with E-state index in [0.717, 1.165) is 11.1 Å². The lowest BCUT2D eigenvalue weighted by molar-refractivity contribution is 0.133. The molecule has 3 N–H and O–H groups in total. The number of hydrogen-bond donors (Lipinski definition) is 3. The van der Waals surface area contributed by atoms with E-state index >= 15 is 0 Å². The highest BCUT2D eigenvalue weighted by molar-refractivity contribution is 5.74. The number of aliphatic hydroxyl groups is 1. The van der Waals surface area contributed by atoms with Crippen molar-refractivity contribution in [3.63, 3.8) is 0 Å². The van der Waals surface area contributed by atoms with Gasteiger partial charge >= 0.3 is 6.03 Å². The third-order valence-corrected chi connectivity index (χ3v) is 3.52. The molecule has 0 bridgehead atoms. The molecule has 0 aliphatic rings. The van der Waals surface area contributed by atoms with Crippen LogP contribution in [0.3, 0.4) is 0 Å². The summed E-state index contributed by atoms with van der Waals surface area (Å²) in [5.41, 5.74) is 2.13. The van der Waals surface area contributed by atoms with Gasteiger partial charge in [-0.1, -0.05) is 31.2 Å². The SMILES string of the molecule is CCOCc1ccccc1CNC(=O)NC(C)C(C)CO. The van der Waals surface area contributed by atoms with Crippen molar-refractivity contribution in [1.29, 1.82) is 0 Å². The van der Waals surface area contributed by atoms with Crippen LogP contribution >= 0.6 is 0 Å². The van der Waals surface area contributed by atoms with Crippen LogP contribution in [0.2, 0.25) is 0 Å². The van der Waals surface area contributed by atoms with Crippen LogP contribution in [-0.2, 0) is 17.9 Å². The van der Waals surface area contributed by atoms with Gasteiger partial charge in [0.1, 0.15) is 0 Å². The lowest BCUT2D eigenvalue weighted by Crippen LogP contribution is -2.44. The molecule has 1 rings (SSSR count). The Morgan fingerprint density at radius 1 is 1.29 bits per heavy atom. The third kappa shape index (κ3) is 6.14. The Bertz CT molecular complexity index is 437. The van der Waals surface area contributed by atoms with Crippen LogP contribution in [0.4, 0.5) is 4.79 Å². The van der Waals surface area contributed by atoms with E-state index in [1.165, 1.54) is 0 Å². The number of urea groups is 1. The van der Waals surface area contributed by atoms with Crippen molar-refractivity contribution in [2.24, 2.45) is 5.92 Å². The molecule has 2 unspecified atom stereocenters. The molecular weight excluding hydrogens is 268 g/mol. The summed E-state index contributed by atoms with van der Waals surface area (Å²) >= 11 is 0. The molecule has 0 fully saturated rings. The highest BCUT2D eigenvalue weighted by Crippen LogP contribution is 2.10. The van der Waals surface area contributed by atoms with Crippen molar-refractivity contribution < 1.29 is 14.6 Å². The minimum Gasteiger partial charge on any atom is -0.396 e. The van der Waals surface area contributed by atoms with Gasteiger partial charge in [-0.2, -0.15) is 0 Å². The number of amides is 2. The van der Waals surface area contributed by atoms with Crippen molar-refractivity contribution in [2.75, 3.05) is 13.2 Å². The molecule has 5 nitrogen and oxygen atoms in total. The topological polar surface area (TPSA) is 70.6 Å². The second kappa shape index (κ2) is 9.37. The Kier molecular flexibility index (Phi) is 7.79. The molecule has 0 aliphatic carbocycles. The van der Waals surface area contributed by atoms with E-state index in [1.807, 2.05) is 45.0 Å². The number of carbonyl (C=O) groups excluding carboxylic acids is 1. The van der Waals surface area contributed by atoms with Gasteiger partial charge in [0.25, 0.3) is 0 Å². The van der Waals surface area contributed by atoms with E-state index in [9.17, 15) is 4.79 Å². The lowest BCUT2D eigenvalue weighted by atomic mass is 10.1. The molecule has 118 valence electrons. The number of rotatable bonds is 8. The van der Waals surface area contributed by atoms with Gasteiger partial charge in [-0.15, -0.1) is 0 Å². The van der Waals surface area contributed by atoms with E-state index in [4.69, 9.17) is 9.84 Å². The van der Waals surface area contributed by atoms with Crippen molar-refractivity contribution >= 4 is 6.03 Å². The van der Waals surface area contributed by atoms with E-state index in [-0.39, 0.29) is 24.6 Å². The smallest absolute Gasteiger partial charge is 0.315 e. The molecule has 0 aromatic heterocycles. The quantitative estimate of drug-likeness (QED) is 0.687. The highest BCUT2D eigenvalue weighted by atomic mass is 16.5. The molecule has 21 heavy (non-hydrogen) atoms. The van der Waals surface area contributed by atoms with Gasteiger partial charge in [-0.05, 0) is 30.9 Å². The van der Waals surface area contributed by atoms with Crippen LogP contribution in [0, 0.1) is 5.92 Å². The average Bonchev–Trinajstić information content (AvgIpc) is 2.50. The highest BCUT2D eigenvalue weighted by Gasteiger charge is 2.13. The average molecular weight is 294 g/mol. The van der Waals surface area contributed by atoms with Crippen molar-refractivity contribution in [3.05, 3.63) is 35.4 Å². The zero-order valence-electron chi connectivity index (χ0n) is 13.1. The summed E-state index contributed by atoms with van der Waals surface area (Å²) in [6, 6.07) is 7.59. The largest absolute Gasteiger partial charge is 0.396 e. The first-order chi connectivity index (χ1) is 10.1. The van der Waals surface area contributed by atoms with E-state index in [2.05, 4.69) is 10.6 Å². The van der Waals surface area contributed by atoms with Crippen LogP contribution in [0.1, 0.15) is 31.9 Å². The van der Waals surface area contributed by atoms with Crippen molar-refractivity contribution in [2.45, 2.75) is 40.0 Å². The summed E-state index contributed by atoms with van der Waals surface area (Å²) < 4.78 is 5.42. The Morgan fingerprint density at radius 2 is 1.95 bits per heavy atom. The Hall–Kier alpha value is -1.59. The van der Waals surface area contributed by atoms with E-state index in [1.54, 1.807) is 0 Å². The molecule has 0 radical (unpaired) electrons. The fourth-order valence-corrected chi connectivity index (χ4v) is 1.82. The first kappa shape index (κ1) is 17.5. The second-order valence-electron chi connectivity index (χ2n) is 5.18. The summed E-state index contributed by atoms with van der Waals surface area (Å²) in [6.07, 6.45) is 0. The molecule has 0 saturated heterocycles. The molecule has 2 amide bonds. The maximum atomic E-state index is 11.8. The Balaban J connectivity index is 2.49. The van der Waals surface area contributed by atoms with Gasteiger partial charge in [0.05, 0.1) is 6.61 Å². The monoisotopic (exact) mass is 294 g/mol. The molecule has 0 saturated carbocycles. The predicted octanol–water partition coefficient (Wildman–Crippen LogP) is 2.04. The van der Waals surface area contributed by atoms with Crippen LogP contribution in [-0.4, -0.2) is 30.4 Å². The standard InChI is InChI=1S/C16H26N2O3/c1-4-21-11-15-8-6-5-7-14(15)9-17-16(20)18-13(3)12(2)10-19/h5-8,12-13,19H,4,9-11H2,1-3H3,(H2,17,18,20). The van der Waals surface area contributed by atoms with Gasteiger partial charge in [0.2, 0.25) is 0 Å². The number of ether oxygens (including phenoxy) is 1. The number of benzene rings is 1. The van der Waals surface area contributed by atoms with E-state index in [0.29, 0.717) is 19.8 Å². The van der Waals surface area contributed by atoms with E-state index < -0.39 is 0 Å². The summed E-state index contributed by atoms with van der Waals surface area (Å²) in [5.74, 6) is 0.0287. The van der Waals surface area contributed by atoms with Crippen LogP contribution in [0.25, 0.3) is 0 Å². The van der Waals surface area contributed by atoms with Crippen LogP contribution < -0.4 is 10.6 Å². The fraction of sp³-hybridized carbons (Fsp3) is 0.562. The summed E-state index contributed by atoms with van der Waals surface area (Å²) in [6.45, 7) is 7.45. The van der Waals surface area contributed by atoms with Crippen LogP contribution in [0.5, 0.6) is 0 Å². The van der Waals surface area contributed by atoms with Gasteiger partial charge < -0.3 is 20.5 Å². The minimum absolute atomic E-state index is 0.0287. The zero-order valence-corrected chi connectivity index (χ0v) is 13.1. The van der Waals surface area contributed by atoms with Crippen molar-refractivity contribution in [3.8, 4) is 0 Å². The second-order valence-corrected chi connectivity index (χ2v) is 5.18. The Labute approximate surface area is 126 Å². The molecule has 0 spiro atoms.